The second-order valence-electron chi connectivity index (χ2n) is 6.68. The molecule has 0 spiro atoms. The Hall–Kier alpha value is -1.84. The van der Waals surface area contributed by atoms with E-state index in [-0.39, 0.29) is 24.3 Å². The molecule has 22 heavy (non-hydrogen) atoms. The van der Waals surface area contributed by atoms with E-state index in [1.54, 1.807) is 0 Å². The van der Waals surface area contributed by atoms with E-state index in [9.17, 15) is 9.59 Å². The van der Waals surface area contributed by atoms with Crippen molar-refractivity contribution in [2.45, 2.75) is 51.0 Å². The Kier molecular flexibility index (Phi) is 4.46. The van der Waals surface area contributed by atoms with Gasteiger partial charge < -0.3 is 10.6 Å². The number of nitrogens with one attached hydrogen (secondary N) is 2. The van der Waals surface area contributed by atoms with Crippen LogP contribution in [0.25, 0.3) is 0 Å². The molecule has 0 radical (unpaired) electrons. The molecule has 0 saturated heterocycles. The summed E-state index contributed by atoms with van der Waals surface area (Å²) in [6.07, 6.45) is 5.01. The summed E-state index contributed by atoms with van der Waals surface area (Å²) in [5.74, 6) is 0.804. The van der Waals surface area contributed by atoms with Crippen molar-refractivity contribution < 1.29 is 9.59 Å². The summed E-state index contributed by atoms with van der Waals surface area (Å²) in [6.45, 7) is 2.17. The number of hydrogen-bond acceptors (Lipinski definition) is 2. The minimum Gasteiger partial charge on any atom is -0.352 e. The molecule has 2 amide bonds. The third-order valence-corrected chi connectivity index (χ3v) is 4.49. The van der Waals surface area contributed by atoms with Crippen LogP contribution in [0.15, 0.2) is 24.3 Å². The summed E-state index contributed by atoms with van der Waals surface area (Å²) in [4.78, 5) is 23.8. The van der Waals surface area contributed by atoms with E-state index in [0.717, 1.165) is 12.8 Å². The molecule has 0 aromatic heterocycles. The molecule has 4 heteroatoms. The van der Waals surface area contributed by atoms with Crippen molar-refractivity contribution in [3.05, 3.63) is 35.4 Å². The van der Waals surface area contributed by atoms with Crippen LogP contribution in [-0.4, -0.2) is 24.4 Å². The van der Waals surface area contributed by atoms with Crippen molar-refractivity contribution in [2.75, 3.05) is 6.54 Å². The molecule has 1 aromatic rings. The third kappa shape index (κ3) is 4.33. The Morgan fingerprint density at radius 3 is 2.36 bits per heavy atom. The van der Waals surface area contributed by atoms with Crippen molar-refractivity contribution in [2.24, 2.45) is 5.92 Å². The summed E-state index contributed by atoms with van der Waals surface area (Å²) in [5, 5.41) is 5.64. The molecule has 2 N–H and O–H groups in total. The Labute approximate surface area is 131 Å². The minimum absolute atomic E-state index is 0.0246. The van der Waals surface area contributed by atoms with Gasteiger partial charge in [-0.05, 0) is 50.0 Å². The predicted octanol–water partition coefficient (Wildman–Crippen LogP) is 2.27. The fourth-order valence-electron chi connectivity index (χ4n) is 2.83. The monoisotopic (exact) mass is 300 g/mol. The molecule has 0 aliphatic heterocycles. The number of carbonyl (C=O) groups excluding carboxylic acids is 2. The number of aryl methyl sites for hydroxylation is 1. The SMILES string of the molecule is Cc1ccc(C(CC(=O)NCC(=O)NC2CC2)C2CC2)cc1. The smallest absolute Gasteiger partial charge is 0.239 e. The first-order valence-corrected chi connectivity index (χ1v) is 8.24. The van der Waals surface area contributed by atoms with Crippen LogP contribution < -0.4 is 10.6 Å². The van der Waals surface area contributed by atoms with Crippen molar-refractivity contribution in [3.8, 4) is 0 Å². The molecule has 0 heterocycles. The molecule has 2 fully saturated rings. The topological polar surface area (TPSA) is 58.2 Å². The highest BCUT2D eigenvalue weighted by Crippen LogP contribution is 2.44. The van der Waals surface area contributed by atoms with E-state index in [1.165, 1.54) is 24.0 Å². The summed E-state index contributed by atoms with van der Waals surface area (Å²) < 4.78 is 0. The molecule has 2 saturated carbocycles. The molecule has 1 unspecified atom stereocenters. The predicted molar refractivity (Wildman–Crippen MR) is 85.4 cm³/mol. The average Bonchev–Trinajstić information content (AvgIpc) is 3.37. The van der Waals surface area contributed by atoms with E-state index < -0.39 is 0 Å². The average molecular weight is 300 g/mol. The van der Waals surface area contributed by atoms with Gasteiger partial charge in [0.2, 0.25) is 11.8 Å². The molecular formula is C18H24N2O2. The van der Waals surface area contributed by atoms with Crippen LogP contribution in [0.5, 0.6) is 0 Å². The van der Waals surface area contributed by atoms with Gasteiger partial charge in [0.25, 0.3) is 0 Å². The minimum atomic E-state index is -0.0749. The van der Waals surface area contributed by atoms with Gasteiger partial charge in [0.05, 0.1) is 6.54 Å². The number of rotatable bonds is 7. The van der Waals surface area contributed by atoms with Gasteiger partial charge in [-0.2, -0.15) is 0 Å². The largest absolute Gasteiger partial charge is 0.352 e. The lowest BCUT2D eigenvalue weighted by atomic mass is 9.90. The van der Waals surface area contributed by atoms with Gasteiger partial charge in [-0.15, -0.1) is 0 Å². The molecule has 2 aliphatic carbocycles. The zero-order chi connectivity index (χ0) is 15.5. The molecule has 2 aliphatic rings. The van der Waals surface area contributed by atoms with Crippen LogP contribution in [0, 0.1) is 12.8 Å². The molecule has 4 nitrogen and oxygen atoms in total. The first-order valence-electron chi connectivity index (χ1n) is 8.24. The third-order valence-electron chi connectivity index (χ3n) is 4.49. The first-order chi connectivity index (χ1) is 10.6. The van der Waals surface area contributed by atoms with Gasteiger partial charge in [-0.25, -0.2) is 0 Å². The standard InChI is InChI=1S/C18H24N2O2/c1-12-2-4-13(5-3-12)16(14-6-7-14)10-17(21)19-11-18(22)20-15-8-9-15/h2-5,14-16H,6-11H2,1H3,(H,19,21)(H,20,22). The maximum atomic E-state index is 12.1. The van der Waals surface area contributed by atoms with Gasteiger partial charge >= 0.3 is 0 Å². The zero-order valence-electron chi connectivity index (χ0n) is 13.1. The van der Waals surface area contributed by atoms with E-state index >= 15 is 0 Å². The number of amides is 2. The quantitative estimate of drug-likeness (QED) is 0.811. The number of benzene rings is 1. The second kappa shape index (κ2) is 6.51. The van der Waals surface area contributed by atoms with Crippen LogP contribution in [0.1, 0.15) is 49.1 Å². The molecule has 0 bridgehead atoms. The normalized spacial score (nSPS) is 18.6. The van der Waals surface area contributed by atoms with Crippen LogP contribution >= 0.6 is 0 Å². The summed E-state index contributed by atoms with van der Waals surface area (Å²) >= 11 is 0. The number of hydrogen-bond donors (Lipinski definition) is 2. The molecule has 118 valence electrons. The Morgan fingerprint density at radius 2 is 1.77 bits per heavy atom. The molecule has 1 atom stereocenters. The fraction of sp³-hybridized carbons (Fsp3) is 0.556. The lowest BCUT2D eigenvalue weighted by Crippen LogP contribution is -2.38. The lowest BCUT2D eigenvalue weighted by Gasteiger charge is -2.17. The van der Waals surface area contributed by atoms with Crippen molar-refractivity contribution >= 4 is 11.8 Å². The van der Waals surface area contributed by atoms with Crippen molar-refractivity contribution in [1.82, 2.24) is 10.6 Å². The first kappa shape index (κ1) is 15.1. The van der Waals surface area contributed by atoms with E-state index in [2.05, 4.69) is 41.8 Å². The van der Waals surface area contributed by atoms with E-state index in [0.29, 0.717) is 18.4 Å². The summed E-state index contributed by atoms with van der Waals surface area (Å²) in [5.41, 5.74) is 2.48. The van der Waals surface area contributed by atoms with Crippen molar-refractivity contribution in [3.63, 3.8) is 0 Å². The van der Waals surface area contributed by atoms with Crippen LogP contribution in [0.4, 0.5) is 0 Å². The van der Waals surface area contributed by atoms with Gasteiger partial charge in [0.1, 0.15) is 0 Å². The van der Waals surface area contributed by atoms with Crippen LogP contribution in [0.2, 0.25) is 0 Å². The molecular weight excluding hydrogens is 276 g/mol. The van der Waals surface area contributed by atoms with Gasteiger partial charge in [0, 0.05) is 12.5 Å². The Bertz CT molecular complexity index is 545. The maximum absolute atomic E-state index is 12.1. The maximum Gasteiger partial charge on any atom is 0.239 e. The Balaban J connectivity index is 1.50. The second-order valence-corrected chi connectivity index (χ2v) is 6.68. The van der Waals surface area contributed by atoms with Gasteiger partial charge in [-0.1, -0.05) is 29.8 Å². The Morgan fingerprint density at radius 1 is 1.09 bits per heavy atom. The molecule has 3 rings (SSSR count). The highest BCUT2D eigenvalue weighted by atomic mass is 16.2. The molecule has 1 aromatic carbocycles. The van der Waals surface area contributed by atoms with Crippen LogP contribution in [-0.2, 0) is 9.59 Å². The van der Waals surface area contributed by atoms with Gasteiger partial charge in [-0.3, -0.25) is 9.59 Å². The lowest BCUT2D eigenvalue weighted by molar-refractivity contribution is -0.126. The zero-order valence-corrected chi connectivity index (χ0v) is 13.1. The fourth-order valence-corrected chi connectivity index (χ4v) is 2.83. The summed E-state index contributed by atoms with van der Waals surface area (Å²) in [7, 11) is 0. The van der Waals surface area contributed by atoms with Crippen LogP contribution in [0.3, 0.4) is 0 Å². The highest BCUT2D eigenvalue weighted by Gasteiger charge is 2.33. The van der Waals surface area contributed by atoms with E-state index in [1.807, 2.05) is 0 Å². The van der Waals surface area contributed by atoms with E-state index in [4.69, 9.17) is 0 Å². The number of carbonyl (C=O) groups is 2. The van der Waals surface area contributed by atoms with Crippen molar-refractivity contribution in [1.29, 1.82) is 0 Å². The van der Waals surface area contributed by atoms with Gasteiger partial charge in [0.15, 0.2) is 0 Å². The highest BCUT2D eigenvalue weighted by molar-refractivity contribution is 5.85. The summed E-state index contributed by atoms with van der Waals surface area (Å²) in [6, 6.07) is 8.81.